The lowest BCUT2D eigenvalue weighted by atomic mass is 9.93. The molecule has 0 bridgehead atoms. The van der Waals surface area contributed by atoms with Gasteiger partial charge in [0.05, 0.1) is 11.0 Å². The van der Waals surface area contributed by atoms with Crippen LogP contribution in [-0.2, 0) is 4.74 Å². The van der Waals surface area contributed by atoms with Crippen molar-refractivity contribution < 1.29 is 27.6 Å². The first-order valence-electron chi connectivity index (χ1n) is 7.74. The summed E-state index contributed by atoms with van der Waals surface area (Å²) in [6.45, 7) is -1.31. The lowest BCUT2D eigenvalue weighted by Gasteiger charge is -2.30. The zero-order chi connectivity index (χ0) is 18.4. The highest BCUT2D eigenvalue weighted by atomic mass is 19.4. The van der Waals surface area contributed by atoms with Gasteiger partial charge in [-0.2, -0.15) is 13.2 Å². The Labute approximate surface area is 141 Å². The van der Waals surface area contributed by atoms with Gasteiger partial charge in [-0.3, -0.25) is 10.1 Å². The second kappa shape index (κ2) is 8.15. The van der Waals surface area contributed by atoms with E-state index in [9.17, 15) is 28.1 Å². The zero-order valence-electron chi connectivity index (χ0n) is 13.2. The van der Waals surface area contributed by atoms with Crippen molar-refractivity contribution in [2.45, 2.75) is 44.0 Å². The first-order valence-corrected chi connectivity index (χ1v) is 7.74. The largest absolute Gasteiger partial charge is 0.411 e. The van der Waals surface area contributed by atoms with Gasteiger partial charge >= 0.3 is 12.2 Å². The van der Waals surface area contributed by atoms with Crippen molar-refractivity contribution in [2.75, 3.05) is 11.9 Å². The van der Waals surface area contributed by atoms with E-state index in [0.717, 1.165) is 0 Å². The van der Waals surface area contributed by atoms with E-state index in [1.54, 1.807) is 6.07 Å². The van der Waals surface area contributed by atoms with Gasteiger partial charge in [0.25, 0.3) is 5.69 Å². The number of rotatable bonds is 5. The minimum Gasteiger partial charge on any atom is -0.369 e. The van der Waals surface area contributed by atoms with Crippen LogP contribution in [0.1, 0.15) is 25.7 Å². The molecular formula is C15H18F3N3O4. The van der Waals surface area contributed by atoms with Gasteiger partial charge in [0.15, 0.2) is 0 Å². The van der Waals surface area contributed by atoms with Gasteiger partial charge in [0.1, 0.15) is 12.3 Å². The highest BCUT2D eigenvalue weighted by molar-refractivity contribution is 5.91. The predicted octanol–water partition coefficient (Wildman–Crippen LogP) is 3.61. The Hall–Kier alpha value is -2.36. The van der Waals surface area contributed by atoms with E-state index in [-0.39, 0.29) is 23.8 Å². The monoisotopic (exact) mass is 361 g/mol. The summed E-state index contributed by atoms with van der Waals surface area (Å²) in [7, 11) is 0. The fourth-order valence-electron chi connectivity index (χ4n) is 2.72. The van der Waals surface area contributed by atoms with Gasteiger partial charge in [-0.25, -0.2) is 4.79 Å². The third kappa shape index (κ3) is 6.22. The van der Waals surface area contributed by atoms with Gasteiger partial charge in [0, 0.05) is 12.1 Å². The molecule has 10 heteroatoms. The SMILES string of the molecule is O=C(Nc1ccccc1[N+](=O)[O-])N[C@@H]1CCC[C@@H](OCC(F)(F)F)C1. The van der Waals surface area contributed by atoms with E-state index in [1.807, 2.05) is 0 Å². The number of carbonyl (C=O) groups excluding carboxylic acids is 1. The molecule has 1 fully saturated rings. The van der Waals surface area contributed by atoms with E-state index in [1.165, 1.54) is 18.2 Å². The maximum absolute atomic E-state index is 12.2. The molecule has 1 aliphatic carbocycles. The fraction of sp³-hybridized carbons (Fsp3) is 0.533. The summed E-state index contributed by atoms with van der Waals surface area (Å²) in [6, 6.07) is 4.69. The van der Waals surface area contributed by atoms with Crippen molar-refractivity contribution in [1.82, 2.24) is 5.32 Å². The first-order chi connectivity index (χ1) is 11.7. The van der Waals surface area contributed by atoms with E-state index in [4.69, 9.17) is 4.74 Å². The predicted molar refractivity (Wildman–Crippen MR) is 83.3 cm³/mol. The van der Waals surface area contributed by atoms with Crippen molar-refractivity contribution in [3.8, 4) is 0 Å². The summed E-state index contributed by atoms with van der Waals surface area (Å²) in [5.74, 6) is 0. The molecule has 2 N–H and O–H groups in total. The summed E-state index contributed by atoms with van der Waals surface area (Å²) in [5.41, 5.74) is -0.196. The summed E-state index contributed by atoms with van der Waals surface area (Å²) in [4.78, 5) is 22.3. The number of carbonyl (C=O) groups is 1. The van der Waals surface area contributed by atoms with Crippen LogP contribution < -0.4 is 10.6 Å². The zero-order valence-corrected chi connectivity index (χ0v) is 13.2. The van der Waals surface area contributed by atoms with Crippen LogP contribution in [0.5, 0.6) is 0 Å². The normalized spacial score (nSPS) is 20.8. The van der Waals surface area contributed by atoms with Gasteiger partial charge in [0.2, 0.25) is 0 Å². The Kier molecular flexibility index (Phi) is 6.18. The van der Waals surface area contributed by atoms with E-state index in [0.29, 0.717) is 19.3 Å². The van der Waals surface area contributed by atoms with Crippen molar-refractivity contribution in [3.63, 3.8) is 0 Å². The number of nitrogens with zero attached hydrogens (tertiary/aromatic N) is 1. The Balaban J connectivity index is 1.87. The molecule has 0 unspecified atom stereocenters. The average molecular weight is 361 g/mol. The molecule has 0 radical (unpaired) electrons. The van der Waals surface area contributed by atoms with Crippen molar-refractivity contribution >= 4 is 17.4 Å². The van der Waals surface area contributed by atoms with Crippen molar-refractivity contribution in [2.24, 2.45) is 0 Å². The number of amides is 2. The lowest BCUT2D eigenvalue weighted by Crippen LogP contribution is -2.43. The topological polar surface area (TPSA) is 93.5 Å². The standard InChI is InChI=1S/C15H18F3N3O4/c16-15(17,18)9-25-11-5-3-4-10(8-11)19-14(22)20-12-6-1-2-7-13(12)21(23)24/h1-2,6-7,10-11H,3-5,8-9H2,(H2,19,20,22)/t10-,11-/m1/s1. The van der Waals surface area contributed by atoms with E-state index < -0.39 is 29.8 Å². The summed E-state index contributed by atoms with van der Waals surface area (Å²) >= 11 is 0. The number of anilines is 1. The number of halogens is 3. The third-order valence-electron chi connectivity index (χ3n) is 3.79. The molecule has 1 aromatic rings. The molecule has 2 amide bonds. The number of hydrogen-bond acceptors (Lipinski definition) is 4. The van der Waals surface area contributed by atoms with Crippen LogP contribution in [0.15, 0.2) is 24.3 Å². The maximum Gasteiger partial charge on any atom is 0.411 e. The minimum absolute atomic E-state index is 0.0469. The number of nitro groups is 1. The summed E-state index contributed by atoms with van der Waals surface area (Å²) in [5, 5.41) is 15.9. The number of nitro benzene ring substituents is 1. The molecule has 2 atom stereocenters. The molecule has 7 nitrogen and oxygen atoms in total. The highest BCUT2D eigenvalue weighted by Crippen LogP contribution is 2.25. The van der Waals surface area contributed by atoms with Crippen LogP contribution in [-0.4, -0.2) is 35.9 Å². The average Bonchev–Trinajstić information content (AvgIpc) is 2.53. The number of para-hydroxylation sites is 2. The summed E-state index contributed by atoms with van der Waals surface area (Å²) < 4.78 is 41.5. The molecule has 0 aromatic heterocycles. The molecular weight excluding hydrogens is 343 g/mol. The Bertz CT molecular complexity index is 624. The quantitative estimate of drug-likeness (QED) is 0.619. The highest BCUT2D eigenvalue weighted by Gasteiger charge is 2.31. The maximum atomic E-state index is 12.2. The lowest BCUT2D eigenvalue weighted by molar-refractivity contribution is -0.383. The first kappa shape index (κ1) is 19.0. The fourth-order valence-corrected chi connectivity index (χ4v) is 2.72. The molecule has 2 rings (SSSR count). The number of alkyl halides is 3. The number of benzene rings is 1. The number of urea groups is 1. The second-order valence-corrected chi connectivity index (χ2v) is 5.78. The van der Waals surface area contributed by atoms with Crippen molar-refractivity contribution in [1.29, 1.82) is 0 Å². The van der Waals surface area contributed by atoms with Crippen LogP contribution in [0.4, 0.5) is 29.3 Å². The molecule has 138 valence electrons. The third-order valence-corrected chi connectivity index (χ3v) is 3.79. The number of hydrogen-bond donors (Lipinski definition) is 2. The van der Waals surface area contributed by atoms with Crippen LogP contribution in [0.25, 0.3) is 0 Å². The second-order valence-electron chi connectivity index (χ2n) is 5.78. The molecule has 1 aromatic carbocycles. The minimum atomic E-state index is -4.38. The molecule has 0 aliphatic heterocycles. The number of ether oxygens (including phenoxy) is 1. The van der Waals surface area contributed by atoms with Crippen LogP contribution in [0.2, 0.25) is 0 Å². The van der Waals surface area contributed by atoms with Gasteiger partial charge in [-0.1, -0.05) is 12.1 Å². The molecule has 0 spiro atoms. The molecule has 25 heavy (non-hydrogen) atoms. The van der Waals surface area contributed by atoms with Gasteiger partial charge in [-0.05, 0) is 31.7 Å². The van der Waals surface area contributed by atoms with Crippen molar-refractivity contribution in [3.05, 3.63) is 34.4 Å². The van der Waals surface area contributed by atoms with Gasteiger partial charge < -0.3 is 15.4 Å². The molecule has 0 saturated heterocycles. The van der Waals surface area contributed by atoms with Gasteiger partial charge in [-0.15, -0.1) is 0 Å². The summed E-state index contributed by atoms with van der Waals surface area (Å²) in [6.07, 6.45) is -2.97. The Morgan fingerprint density at radius 1 is 1.32 bits per heavy atom. The molecule has 1 saturated carbocycles. The molecule has 0 heterocycles. The molecule has 1 aliphatic rings. The number of nitrogens with one attached hydrogen (secondary N) is 2. The van der Waals surface area contributed by atoms with Crippen LogP contribution >= 0.6 is 0 Å². The Morgan fingerprint density at radius 2 is 2.04 bits per heavy atom. The Morgan fingerprint density at radius 3 is 2.72 bits per heavy atom. The smallest absolute Gasteiger partial charge is 0.369 e. The van der Waals surface area contributed by atoms with E-state index >= 15 is 0 Å². The van der Waals surface area contributed by atoms with Crippen LogP contribution in [0, 0.1) is 10.1 Å². The van der Waals surface area contributed by atoms with Crippen LogP contribution in [0.3, 0.4) is 0 Å². The van der Waals surface area contributed by atoms with E-state index in [2.05, 4.69) is 10.6 Å².